The number of likely N-dealkylation sites (tertiary alicyclic amines) is 1. The molecule has 0 aliphatic carbocycles. The van der Waals surface area contributed by atoms with Gasteiger partial charge in [0.2, 0.25) is 0 Å². The van der Waals surface area contributed by atoms with Crippen molar-refractivity contribution in [2.45, 2.75) is 26.7 Å². The molecule has 0 aromatic rings. The zero-order valence-electron chi connectivity index (χ0n) is 8.99. The van der Waals surface area contributed by atoms with Crippen molar-refractivity contribution in [2.24, 2.45) is 11.1 Å². The summed E-state index contributed by atoms with van der Waals surface area (Å²) >= 11 is 0. The molecule has 0 unspecified atom stereocenters. The van der Waals surface area contributed by atoms with E-state index in [4.69, 9.17) is 0 Å². The number of hydrogen-bond donors (Lipinski definition) is 1. The fourth-order valence-corrected chi connectivity index (χ4v) is 1.90. The predicted molar refractivity (Wildman–Crippen MR) is 51.7 cm³/mol. The summed E-state index contributed by atoms with van der Waals surface area (Å²) in [7, 11) is 0. The third-order valence-corrected chi connectivity index (χ3v) is 2.45. The number of rotatable bonds is 2. The van der Waals surface area contributed by atoms with E-state index in [1.165, 1.54) is 4.90 Å². The van der Waals surface area contributed by atoms with Crippen LogP contribution >= 0.6 is 0 Å². The smallest absolute Gasteiger partial charge is 0.332 e. The SMILES string of the molecule is CCCC1(C)CN(C(=O)OOC(N)=O)C1. The van der Waals surface area contributed by atoms with E-state index in [1.807, 2.05) is 0 Å². The van der Waals surface area contributed by atoms with Gasteiger partial charge in [-0.15, -0.1) is 0 Å². The van der Waals surface area contributed by atoms with E-state index >= 15 is 0 Å². The van der Waals surface area contributed by atoms with Crippen LogP contribution in [0.2, 0.25) is 0 Å². The molecule has 15 heavy (non-hydrogen) atoms. The van der Waals surface area contributed by atoms with Crippen molar-refractivity contribution in [2.75, 3.05) is 13.1 Å². The van der Waals surface area contributed by atoms with Crippen LogP contribution in [0.1, 0.15) is 26.7 Å². The van der Waals surface area contributed by atoms with Crippen LogP contribution in [0.15, 0.2) is 0 Å². The van der Waals surface area contributed by atoms with Gasteiger partial charge in [0.05, 0.1) is 0 Å². The van der Waals surface area contributed by atoms with Crippen molar-refractivity contribution < 1.29 is 19.4 Å². The first kappa shape index (κ1) is 11.6. The summed E-state index contributed by atoms with van der Waals surface area (Å²) in [6, 6.07) is 0. The summed E-state index contributed by atoms with van der Waals surface area (Å²) in [4.78, 5) is 31.0. The van der Waals surface area contributed by atoms with Crippen LogP contribution in [0.5, 0.6) is 0 Å². The molecule has 1 rings (SSSR count). The maximum absolute atomic E-state index is 11.2. The zero-order valence-corrected chi connectivity index (χ0v) is 8.99. The minimum Gasteiger partial charge on any atom is -0.332 e. The fourth-order valence-electron chi connectivity index (χ4n) is 1.90. The molecule has 0 spiro atoms. The van der Waals surface area contributed by atoms with E-state index in [9.17, 15) is 9.59 Å². The van der Waals surface area contributed by atoms with Gasteiger partial charge >= 0.3 is 12.2 Å². The molecule has 0 aromatic heterocycles. The van der Waals surface area contributed by atoms with E-state index in [0.717, 1.165) is 12.8 Å². The average Bonchev–Trinajstić information content (AvgIpc) is 2.10. The topological polar surface area (TPSA) is 81.9 Å². The van der Waals surface area contributed by atoms with Crippen LogP contribution in [0.3, 0.4) is 0 Å². The highest BCUT2D eigenvalue weighted by molar-refractivity contribution is 5.70. The Morgan fingerprint density at radius 2 is 2.00 bits per heavy atom. The summed E-state index contributed by atoms with van der Waals surface area (Å²) in [6.07, 6.45) is 0.354. The highest BCUT2D eigenvalue weighted by atomic mass is 17.2. The van der Waals surface area contributed by atoms with Gasteiger partial charge in [0.1, 0.15) is 0 Å². The van der Waals surface area contributed by atoms with Gasteiger partial charge in [-0.2, -0.15) is 0 Å². The Morgan fingerprint density at radius 3 is 2.47 bits per heavy atom. The van der Waals surface area contributed by atoms with Crippen LogP contribution in [-0.2, 0) is 9.78 Å². The second-order valence-corrected chi connectivity index (χ2v) is 4.17. The molecule has 2 amide bonds. The van der Waals surface area contributed by atoms with Gasteiger partial charge in [-0.3, -0.25) is 0 Å². The van der Waals surface area contributed by atoms with Gasteiger partial charge in [0.15, 0.2) is 0 Å². The molecule has 1 aliphatic heterocycles. The fraction of sp³-hybridized carbons (Fsp3) is 0.778. The lowest BCUT2D eigenvalue weighted by atomic mass is 9.78. The minimum absolute atomic E-state index is 0.167. The molecule has 1 saturated heterocycles. The maximum Gasteiger partial charge on any atom is 0.453 e. The number of carbonyl (C=O) groups is 2. The van der Waals surface area contributed by atoms with Gasteiger partial charge in [-0.25, -0.2) is 19.4 Å². The molecule has 86 valence electrons. The zero-order chi connectivity index (χ0) is 11.5. The van der Waals surface area contributed by atoms with Crippen molar-refractivity contribution in [3.05, 3.63) is 0 Å². The molecule has 1 fully saturated rings. The lowest BCUT2D eigenvalue weighted by molar-refractivity contribution is -0.194. The second kappa shape index (κ2) is 4.37. The van der Waals surface area contributed by atoms with Crippen LogP contribution < -0.4 is 5.73 Å². The standard InChI is InChI=1S/C9H16N2O4/c1-3-4-9(2)5-11(6-9)8(13)15-14-7(10)12/h3-6H2,1-2H3,(H2,10,12). The van der Waals surface area contributed by atoms with E-state index in [0.29, 0.717) is 13.1 Å². The van der Waals surface area contributed by atoms with E-state index in [2.05, 4.69) is 29.4 Å². The van der Waals surface area contributed by atoms with E-state index < -0.39 is 12.2 Å². The monoisotopic (exact) mass is 216 g/mol. The summed E-state index contributed by atoms with van der Waals surface area (Å²) in [5.74, 6) is 0. The Kier molecular flexibility index (Phi) is 3.39. The van der Waals surface area contributed by atoms with Crippen molar-refractivity contribution in [1.29, 1.82) is 0 Å². The Balaban J connectivity index is 2.26. The third-order valence-electron chi connectivity index (χ3n) is 2.45. The van der Waals surface area contributed by atoms with E-state index in [1.54, 1.807) is 0 Å². The highest BCUT2D eigenvalue weighted by Crippen LogP contribution is 2.34. The second-order valence-electron chi connectivity index (χ2n) is 4.17. The Hall–Kier alpha value is -1.46. The summed E-state index contributed by atoms with van der Waals surface area (Å²) in [5.41, 5.74) is 4.81. The molecule has 0 bridgehead atoms. The van der Waals surface area contributed by atoms with Crippen molar-refractivity contribution >= 4 is 12.2 Å². The van der Waals surface area contributed by atoms with Crippen LogP contribution in [0, 0.1) is 5.41 Å². The molecule has 6 heteroatoms. The molecule has 0 aromatic carbocycles. The van der Waals surface area contributed by atoms with Crippen LogP contribution in [-0.4, -0.2) is 30.2 Å². The summed E-state index contributed by atoms with van der Waals surface area (Å²) in [5, 5.41) is 0. The Labute approximate surface area is 88.2 Å². The first-order valence-electron chi connectivity index (χ1n) is 4.90. The van der Waals surface area contributed by atoms with Crippen LogP contribution in [0.4, 0.5) is 9.59 Å². The van der Waals surface area contributed by atoms with Crippen molar-refractivity contribution in [3.63, 3.8) is 0 Å². The molecular weight excluding hydrogens is 200 g/mol. The van der Waals surface area contributed by atoms with Gasteiger partial charge < -0.3 is 10.6 Å². The third kappa shape index (κ3) is 3.00. The normalized spacial score (nSPS) is 17.9. The maximum atomic E-state index is 11.2. The summed E-state index contributed by atoms with van der Waals surface area (Å²) in [6.45, 7) is 5.46. The number of nitrogens with zero attached hydrogens (tertiary/aromatic N) is 1. The number of amides is 2. The Morgan fingerprint density at radius 1 is 1.40 bits per heavy atom. The number of primary amides is 1. The van der Waals surface area contributed by atoms with Gasteiger partial charge in [-0.1, -0.05) is 20.3 Å². The van der Waals surface area contributed by atoms with Gasteiger partial charge in [0.25, 0.3) is 0 Å². The van der Waals surface area contributed by atoms with Gasteiger partial charge in [-0.05, 0) is 6.42 Å². The molecule has 1 heterocycles. The molecule has 1 aliphatic rings. The molecule has 0 radical (unpaired) electrons. The molecule has 0 atom stereocenters. The van der Waals surface area contributed by atoms with Crippen molar-refractivity contribution in [1.82, 2.24) is 4.90 Å². The lowest BCUT2D eigenvalue weighted by Crippen LogP contribution is -2.57. The molecule has 6 nitrogen and oxygen atoms in total. The highest BCUT2D eigenvalue weighted by Gasteiger charge is 2.41. The largest absolute Gasteiger partial charge is 0.453 e. The lowest BCUT2D eigenvalue weighted by Gasteiger charge is -2.46. The number of nitrogens with two attached hydrogens (primary N) is 1. The number of hydrogen-bond acceptors (Lipinski definition) is 4. The molecule has 0 saturated carbocycles. The quantitative estimate of drug-likeness (QED) is 0.556. The van der Waals surface area contributed by atoms with E-state index in [-0.39, 0.29) is 5.41 Å². The minimum atomic E-state index is -1.12. The first-order chi connectivity index (χ1) is 6.97. The average molecular weight is 216 g/mol. The first-order valence-corrected chi connectivity index (χ1v) is 4.90. The molecular formula is C9H16N2O4. The Bertz CT molecular complexity index is 261. The molecule has 2 N–H and O–H groups in total. The summed E-state index contributed by atoms with van der Waals surface area (Å²) < 4.78 is 0. The predicted octanol–water partition coefficient (Wildman–Crippen LogP) is 1.26. The van der Waals surface area contributed by atoms with Crippen LogP contribution in [0.25, 0.3) is 0 Å². The van der Waals surface area contributed by atoms with Gasteiger partial charge in [0, 0.05) is 18.5 Å². The number of carbonyl (C=O) groups excluding carboxylic acids is 2. The van der Waals surface area contributed by atoms with Crippen molar-refractivity contribution in [3.8, 4) is 0 Å².